The number of urea groups is 1. The maximum Gasteiger partial charge on any atom is 0.344 e. The van der Waals surface area contributed by atoms with Crippen LogP contribution in [-0.4, -0.2) is 29.5 Å². The number of hydrogen-bond acceptors (Lipinski definition) is 4. The lowest BCUT2D eigenvalue weighted by molar-refractivity contribution is -0.139. The van der Waals surface area contributed by atoms with E-state index in [0.717, 1.165) is 10.6 Å². The maximum absolute atomic E-state index is 12.7. The number of rotatable bonds is 7. The fourth-order valence-corrected chi connectivity index (χ4v) is 3.30. The van der Waals surface area contributed by atoms with Gasteiger partial charge in [-0.15, -0.1) is 0 Å². The number of hydrazine groups is 1. The van der Waals surface area contributed by atoms with E-state index in [2.05, 4.69) is 10.7 Å². The summed E-state index contributed by atoms with van der Waals surface area (Å²) < 4.78 is 5.65. The van der Waals surface area contributed by atoms with E-state index in [4.69, 9.17) is 16.3 Å². The van der Waals surface area contributed by atoms with Crippen molar-refractivity contribution >= 4 is 29.4 Å². The molecule has 4 amide bonds. The molecule has 7 nitrogen and oxygen atoms in total. The van der Waals surface area contributed by atoms with Crippen LogP contribution in [0.2, 0.25) is 5.02 Å². The van der Waals surface area contributed by atoms with E-state index < -0.39 is 23.4 Å². The van der Waals surface area contributed by atoms with Crippen molar-refractivity contribution in [1.82, 2.24) is 15.8 Å². The Kier molecular flexibility index (Phi) is 6.08. The van der Waals surface area contributed by atoms with Crippen LogP contribution in [0.15, 0.2) is 48.5 Å². The van der Waals surface area contributed by atoms with Crippen LogP contribution >= 0.6 is 11.6 Å². The van der Waals surface area contributed by atoms with Crippen molar-refractivity contribution in [2.75, 3.05) is 6.61 Å². The van der Waals surface area contributed by atoms with Gasteiger partial charge in [-0.25, -0.2) is 4.79 Å². The molecule has 0 bridgehead atoms. The zero-order valence-electron chi connectivity index (χ0n) is 16.2. The number of nitrogens with zero attached hydrogens (tertiary/aromatic N) is 1. The molecule has 152 valence electrons. The Morgan fingerprint density at radius 3 is 2.62 bits per heavy atom. The largest absolute Gasteiger partial charge is 0.493 e. The first-order valence-corrected chi connectivity index (χ1v) is 9.60. The third-order valence-electron chi connectivity index (χ3n) is 4.72. The predicted octanol–water partition coefficient (Wildman–Crippen LogP) is 3.31. The molecule has 1 aliphatic heterocycles. The molecule has 0 spiro atoms. The summed E-state index contributed by atoms with van der Waals surface area (Å²) in [4.78, 5) is 37.2. The van der Waals surface area contributed by atoms with E-state index in [-0.39, 0.29) is 6.42 Å². The lowest BCUT2D eigenvalue weighted by Crippen LogP contribution is -2.47. The maximum atomic E-state index is 12.7. The summed E-state index contributed by atoms with van der Waals surface area (Å²) in [7, 11) is 0. The average Bonchev–Trinajstić information content (AvgIpc) is 2.91. The highest BCUT2D eigenvalue weighted by molar-refractivity contribution is 6.30. The summed E-state index contributed by atoms with van der Waals surface area (Å²) in [5.74, 6) is -0.278. The van der Waals surface area contributed by atoms with Gasteiger partial charge in [-0.05, 0) is 49.6 Å². The van der Waals surface area contributed by atoms with Gasteiger partial charge in [-0.3, -0.25) is 15.0 Å². The second kappa shape index (κ2) is 8.53. The highest BCUT2D eigenvalue weighted by atomic mass is 35.5. The molecule has 2 aromatic carbocycles. The molecule has 1 saturated heterocycles. The highest BCUT2D eigenvalue weighted by Crippen LogP contribution is 2.27. The normalized spacial score (nSPS) is 18.5. The van der Waals surface area contributed by atoms with Crippen LogP contribution in [0.25, 0.3) is 0 Å². The number of hydrogen-bond donors (Lipinski definition) is 2. The summed E-state index contributed by atoms with van der Waals surface area (Å²) >= 11 is 5.91. The smallest absolute Gasteiger partial charge is 0.344 e. The summed E-state index contributed by atoms with van der Waals surface area (Å²) in [5, 5.41) is 4.00. The molecule has 29 heavy (non-hydrogen) atoms. The lowest BCUT2D eigenvalue weighted by Gasteiger charge is -2.22. The average molecular weight is 416 g/mol. The molecular weight excluding hydrogens is 394 g/mol. The summed E-state index contributed by atoms with van der Waals surface area (Å²) in [5.41, 5.74) is 2.70. The van der Waals surface area contributed by atoms with Crippen LogP contribution in [0.1, 0.15) is 30.9 Å². The lowest BCUT2D eigenvalue weighted by atomic mass is 9.92. The molecule has 0 aromatic heterocycles. The zero-order valence-corrected chi connectivity index (χ0v) is 17.0. The third-order valence-corrected chi connectivity index (χ3v) is 4.96. The Hall–Kier alpha value is -3.06. The van der Waals surface area contributed by atoms with Gasteiger partial charge < -0.3 is 10.1 Å². The first-order valence-electron chi connectivity index (χ1n) is 9.22. The minimum absolute atomic E-state index is 0.103. The Balaban J connectivity index is 1.51. The van der Waals surface area contributed by atoms with Gasteiger partial charge in [0.25, 0.3) is 5.91 Å². The first kappa shape index (κ1) is 20.7. The minimum Gasteiger partial charge on any atom is -0.493 e. The number of carbonyl (C=O) groups excluding carboxylic acids is 3. The number of nitrogens with one attached hydrogen (secondary N) is 2. The van der Waals surface area contributed by atoms with Crippen molar-refractivity contribution in [1.29, 1.82) is 0 Å². The topological polar surface area (TPSA) is 87.7 Å². The predicted molar refractivity (Wildman–Crippen MR) is 108 cm³/mol. The quantitative estimate of drug-likeness (QED) is 0.536. The van der Waals surface area contributed by atoms with Crippen molar-refractivity contribution in [2.24, 2.45) is 0 Å². The van der Waals surface area contributed by atoms with Gasteiger partial charge in [0.05, 0.1) is 6.61 Å². The van der Waals surface area contributed by atoms with Crippen LogP contribution in [0.3, 0.4) is 0 Å². The van der Waals surface area contributed by atoms with Crippen LogP contribution in [0, 0.1) is 6.92 Å². The molecule has 2 aromatic rings. The van der Waals surface area contributed by atoms with Gasteiger partial charge in [0.1, 0.15) is 11.3 Å². The van der Waals surface area contributed by atoms with Crippen LogP contribution < -0.4 is 15.5 Å². The van der Waals surface area contributed by atoms with Crippen LogP contribution in [0.4, 0.5) is 4.79 Å². The number of halogens is 1. The van der Waals surface area contributed by atoms with Crippen molar-refractivity contribution in [3.63, 3.8) is 0 Å². The van der Waals surface area contributed by atoms with E-state index in [1.165, 1.54) is 0 Å². The number of imide groups is 1. The Labute approximate surface area is 173 Å². The number of amides is 4. The monoisotopic (exact) mass is 415 g/mol. The minimum atomic E-state index is -1.22. The second-order valence-corrected chi connectivity index (χ2v) is 7.39. The summed E-state index contributed by atoms with van der Waals surface area (Å²) in [6.45, 7) is 3.81. The van der Waals surface area contributed by atoms with E-state index in [1.807, 2.05) is 13.0 Å². The molecule has 2 N–H and O–H groups in total. The van der Waals surface area contributed by atoms with Gasteiger partial charge >= 0.3 is 6.03 Å². The molecule has 8 heteroatoms. The van der Waals surface area contributed by atoms with Gasteiger partial charge in [-0.2, -0.15) is 5.01 Å². The van der Waals surface area contributed by atoms with Gasteiger partial charge in [0.2, 0.25) is 5.91 Å². The molecule has 1 aliphatic rings. The van der Waals surface area contributed by atoms with Gasteiger partial charge in [0.15, 0.2) is 0 Å². The third kappa shape index (κ3) is 4.51. The second-order valence-electron chi connectivity index (χ2n) is 6.96. The molecular formula is C21H22ClN3O4. The molecule has 1 heterocycles. The molecule has 0 aliphatic carbocycles. The number of ether oxygens (including phenoxy) is 1. The van der Waals surface area contributed by atoms with Gasteiger partial charge in [0, 0.05) is 11.4 Å². The molecule has 1 atom stereocenters. The summed E-state index contributed by atoms with van der Waals surface area (Å²) in [6.07, 6.45) is 0.527. The van der Waals surface area contributed by atoms with Crippen LogP contribution in [0.5, 0.6) is 5.75 Å². The Morgan fingerprint density at radius 1 is 1.21 bits per heavy atom. The number of carbonyl (C=O) groups is 3. The van der Waals surface area contributed by atoms with E-state index >= 15 is 0 Å². The number of benzene rings is 2. The Bertz CT molecular complexity index is 935. The molecule has 0 unspecified atom stereocenters. The standard InChI is InChI=1S/C21H22ClN3O4/c1-14-13-16(22)10-11-17(14)29-12-6-9-18(26)24-25-19(27)21(2,23-20(25)28)15-7-4-3-5-8-15/h3-5,7-8,10-11,13H,6,9,12H2,1-2H3,(H,23,28)(H,24,26)/t21-/m1/s1. The van der Waals surface area contributed by atoms with Crippen molar-refractivity contribution < 1.29 is 19.1 Å². The fourth-order valence-electron chi connectivity index (χ4n) is 3.08. The molecule has 1 fully saturated rings. The first-order chi connectivity index (χ1) is 13.8. The van der Waals surface area contributed by atoms with Crippen LogP contribution in [-0.2, 0) is 15.1 Å². The Morgan fingerprint density at radius 2 is 1.93 bits per heavy atom. The molecule has 0 saturated carbocycles. The highest BCUT2D eigenvalue weighted by Gasteiger charge is 2.49. The SMILES string of the molecule is Cc1cc(Cl)ccc1OCCCC(=O)NN1C(=O)N[C@](C)(c2ccccc2)C1=O. The van der Waals surface area contributed by atoms with E-state index in [1.54, 1.807) is 49.4 Å². The van der Waals surface area contributed by atoms with Crippen molar-refractivity contribution in [2.45, 2.75) is 32.2 Å². The summed E-state index contributed by atoms with van der Waals surface area (Å²) in [6, 6.07) is 13.5. The van der Waals surface area contributed by atoms with Crippen molar-refractivity contribution in [3.8, 4) is 5.75 Å². The molecule has 0 radical (unpaired) electrons. The number of aryl methyl sites for hydroxylation is 1. The zero-order chi connectivity index (χ0) is 21.0. The van der Waals surface area contributed by atoms with Gasteiger partial charge in [-0.1, -0.05) is 41.9 Å². The van der Waals surface area contributed by atoms with E-state index in [0.29, 0.717) is 29.4 Å². The fraction of sp³-hybridized carbons (Fsp3) is 0.286. The van der Waals surface area contributed by atoms with E-state index in [9.17, 15) is 14.4 Å². The molecule has 3 rings (SSSR count). The van der Waals surface area contributed by atoms with Crippen molar-refractivity contribution in [3.05, 3.63) is 64.7 Å².